The number of ketones is 2. The summed E-state index contributed by atoms with van der Waals surface area (Å²) in [7, 11) is 0. The van der Waals surface area contributed by atoms with Gasteiger partial charge in [-0.25, -0.2) is 4.99 Å². The van der Waals surface area contributed by atoms with E-state index in [0.717, 1.165) is 38.5 Å². The molecule has 9 heteroatoms. The molecular weight excluding hydrogens is 542 g/mol. The molecule has 0 bridgehead atoms. The molecule has 2 aromatic carbocycles. The highest BCUT2D eigenvalue weighted by Gasteiger charge is 2.47. The van der Waals surface area contributed by atoms with Gasteiger partial charge in [0.25, 0.3) is 6.02 Å². The average molecular weight is 565 g/mol. The summed E-state index contributed by atoms with van der Waals surface area (Å²) in [5.74, 6) is -0.145. The van der Waals surface area contributed by atoms with Gasteiger partial charge in [-0.15, -0.1) is 0 Å². The number of ether oxygens (including phenoxy) is 1. The number of aliphatic hydroxyl groups excluding tert-OH is 1. The number of Topliss-reactive ketones (excluding diaryl/α,β-unsaturated/α-hetero) is 2. The van der Waals surface area contributed by atoms with Crippen LogP contribution >= 0.6 is 31.9 Å². The first kappa shape index (κ1) is 23.1. The van der Waals surface area contributed by atoms with Crippen LogP contribution in [0.15, 0.2) is 50.3 Å². The minimum Gasteiger partial charge on any atom is -0.462 e. The number of rotatable bonds is 1. The Morgan fingerprint density at radius 2 is 1.53 bits per heavy atom. The monoisotopic (exact) mass is 563 g/mol. The summed E-state index contributed by atoms with van der Waals surface area (Å²) in [5.41, 5.74) is 12.9. The van der Waals surface area contributed by atoms with Crippen molar-refractivity contribution in [3.63, 3.8) is 0 Å². The van der Waals surface area contributed by atoms with Gasteiger partial charge < -0.3 is 21.3 Å². The van der Waals surface area contributed by atoms with Crippen LogP contribution in [0, 0.1) is 0 Å². The third kappa shape index (κ3) is 3.91. The highest BCUT2D eigenvalue weighted by atomic mass is 79.9. The minimum absolute atomic E-state index is 0.0144. The molecule has 2 atom stereocenters. The zero-order valence-corrected chi connectivity index (χ0v) is 20.4. The molecule has 7 nitrogen and oxygen atoms in total. The molecular formula is C23H23Br2N3O4. The van der Waals surface area contributed by atoms with Gasteiger partial charge in [0, 0.05) is 20.1 Å². The van der Waals surface area contributed by atoms with Crippen molar-refractivity contribution in [3.05, 3.63) is 67.6 Å². The molecule has 5 rings (SSSR count). The summed E-state index contributed by atoms with van der Waals surface area (Å²) >= 11 is 6.89. The molecule has 0 amide bonds. The predicted molar refractivity (Wildman–Crippen MR) is 128 cm³/mol. The quantitative estimate of drug-likeness (QED) is 0.488. The van der Waals surface area contributed by atoms with Crippen LogP contribution in [0.2, 0.25) is 0 Å². The van der Waals surface area contributed by atoms with Crippen LogP contribution < -0.4 is 11.5 Å². The number of fused-ring (bicyclic) bond motifs is 2. The highest BCUT2D eigenvalue weighted by molar-refractivity contribution is 9.10. The van der Waals surface area contributed by atoms with E-state index >= 15 is 0 Å². The lowest BCUT2D eigenvalue weighted by Crippen LogP contribution is -2.53. The molecule has 2 aliphatic carbocycles. The molecule has 3 aliphatic rings. The first-order chi connectivity index (χ1) is 15.2. The van der Waals surface area contributed by atoms with Crippen LogP contribution in [0.4, 0.5) is 0 Å². The molecule has 1 spiro atoms. The molecule has 2 unspecified atom stereocenters. The average Bonchev–Trinajstić information content (AvgIpc) is 3.16. The molecule has 0 aromatic heterocycles. The summed E-state index contributed by atoms with van der Waals surface area (Å²) in [4.78, 5) is 28.7. The standard InChI is InChI=1S/C12H11BrN2O2.C11H12BrNO2/c13-9-3-1-2-8-7(9)4-5-12(10(8)16)6-17-11(14)15-12;12-9-3-1-2-8-7(9)4-5-11(13,6-14)10(8)15/h1-3H,4-6H2,(H2,14,15);1-3,14H,4-6,13H2. The van der Waals surface area contributed by atoms with E-state index in [0.29, 0.717) is 18.4 Å². The Hall–Kier alpha value is -2.07. The Kier molecular flexibility index (Phi) is 6.28. The van der Waals surface area contributed by atoms with Crippen molar-refractivity contribution in [2.24, 2.45) is 16.5 Å². The number of carbonyl (C=O) groups is 2. The summed E-state index contributed by atoms with van der Waals surface area (Å²) in [6.07, 6.45) is 2.68. The molecule has 0 saturated heterocycles. The van der Waals surface area contributed by atoms with Crippen molar-refractivity contribution in [1.29, 1.82) is 0 Å². The third-order valence-corrected chi connectivity index (χ3v) is 7.76. The molecule has 0 radical (unpaired) electrons. The van der Waals surface area contributed by atoms with E-state index in [1.54, 1.807) is 6.07 Å². The van der Waals surface area contributed by atoms with Crippen LogP contribution in [0.5, 0.6) is 0 Å². The Bertz CT molecular complexity index is 1140. The predicted octanol–water partition coefficient (Wildman–Crippen LogP) is 2.93. The third-order valence-electron chi connectivity index (χ3n) is 6.28. The lowest BCUT2D eigenvalue weighted by atomic mass is 9.78. The van der Waals surface area contributed by atoms with E-state index in [1.165, 1.54) is 0 Å². The maximum Gasteiger partial charge on any atom is 0.283 e. The fourth-order valence-electron chi connectivity index (χ4n) is 4.34. The van der Waals surface area contributed by atoms with Gasteiger partial charge in [0.2, 0.25) is 0 Å². The lowest BCUT2D eigenvalue weighted by Gasteiger charge is -2.31. The molecule has 1 heterocycles. The molecule has 1 aliphatic heterocycles. The van der Waals surface area contributed by atoms with Crippen LogP contribution in [0.3, 0.4) is 0 Å². The van der Waals surface area contributed by atoms with Gasteiger partial charge in [-0.3, -0.25) is 9.59 Å². The Morgan fingerprint density at radius 1 is 0.969 bits per heavy atom. The Labute approximate surface area is 202 Å². The summed E-state index contributed by atoms with van der Waals surface area (Å²) < 4.78 is 7.08. The summed E-state index contributed by atoms with van der Waals surface area (Å²) in [6.45, 7) is -0.0264. The number of amidine groups is 1. The van der Waals surface area contributed by atoms with Gasteiger partial charge in [0.1, 0.15) is 12.1 Å². The van der Waals surface area contributed by atoms with E-state index in [1.807, 2.05) is 30.3 Å². The van der Waals surface area contributed by atoms with Crippen LogP contribution in [0.25, 0.3) is 0 Å². The first-order valence-electron chi connectivity index (χ1n) is 10.2. The van der Waals surface area contributed by atoms with Crippen molar-refractivity contribution in [3.8, 4) is 0 Å². The zero-order chi connectivity index (χ0) is 23.1. The normalized spacial score (nSPS) is 25.9. The zero-order valence-electron chi connectivity index (χ0n) is 17.2. The molecule has 0 fully saturated rings. The number of hydrogen-bond acceptors (Lipinski definition) is 7. The molecule has 32 heavy (non-hydrogen) atoms. The number of carbonyl (C=O) groups excluding carboxylic acids is 2. The van der Waals surface area contributed by atoms with E-state index < -0.39 is 11.1 Å². The number of aliphatic imine (C=N–C) groups is 1. The van der Waals surface area contributed by atoms with Crippen molar-refractivity contribution in [2.75, 3.05) is 13.2 Å². The fraction of sp³-hybridized carbons (Fsp3) is 0.348. The second kappa shape index (κ2) is 8.70. The first-order valence-corrected chi connectivity index (χ1v) is 11.8. The molecule has 2 aromatic rings. The molecule has 5 N–H and O–H groups in total. The fourth-order valence-corrected chi connectivity index (χ4v) is 5.47. The van der Waals surface area contributed by atoms with E-state index in [-0.39, 0.29) is 30.8 Å². The highest BCUT2D eigenvalue weighted by Crippen LogP contribution is 2.37. The van der Waals surface area contributed by atoms with E-state index in [4.69, 9.17) is 21.3 Å². The van der Waals surface area contributed by atoms with Crippen LogP contribution in [-0.4, -0.2) is 47.0 Å². The van der Waals surface area contributed by atoms with Crippen molar-refractivity contribution >= 4 is 49.4 Å². The second-order valence-electron chi connectivity index (χ2n) is 8.27. The largest absolute Gasteiger partial charge is 0.462 e. The van der Waals surface area contributed by atoms with E-state index in [2.05, 4.69) is 36.9 Å². The van der Waals surface area contributed by atoms with Gasteiger partial charge in [0.15, 0.2) is 17.1 Å². The van der Waals surface area contributed by atoms with Gasteiger partial charge >= 0.3 is 0 Å². The summed E-state index contributed by atoms with van der Waals surface area (Å²) in [6, 6.07) is 11.3. The number of halogens is 2. The number of nitrogens with zero attached hydrogens (tertiary/aromatic N) is 1. The number of benzene rings is 2. The van der Waals surface area contributed by atoms with Gasteiger partial charge in [-0.05, 0) is 48.9 Å². The Balaban J connectivity index is 0.000000155. The van der Waals surface area contributed by atoms with Crippen molar-refractivity contribution < 1.29 is 19.4 Å². The maximum atomic E-state index is 12.5. The number of aliphatic hydroxyl groups is 1. The van der Waals surface area contributed by atoms with Crippen molar-refractivity contribution in [2.45, 2.75) is 36.8 Å². The number of hydrogen-bond donors (Lipinski definition) is 3. The maximum absolute atomic E-state index is 12.5. The Morgan fingerprint density at radius 3 is 2.06 bits per heavy atom. The van der Waals surface area contributed by atoms with Gasteiger partial charge in [-0.2, -0.15) is 0 Å². The molecule has 0 saturated carbocycles. The van der Waals surface area contributed by atoms with E-state index in [9.17, 15) is 9.59 Å². The lowest BCUT2D eigenvalue weighted by molar-refractivity contribution is 0.0779. The van der Waals surface area contributed by atoms with Crippen molar-refractivity contribution in [1.82, 2.24) is 0 Å². The molecule has 168 valence electrons. The second-order valence-corrected chi connectivity index (χ2v) is 9.98. The number of nitrogens with two attached hydrogens (primary N) is 2. The van der Waals surface area contributed by atoms with Crippen LogP contribution in [0.1, 0.15) is 44.7 Å². The topological polar surface area (TPSA) is 128 Å². The van der Waals surface area contributed by atoms with Crippen LogP contribution in [-0.2, 0) is 17.6 Å². The minimum atomic E-state index is -1.09. The van der Waals surface area contributed by atoms with Gasteiger partial charge in [-0.1, -0.05) is 56.1 Å². The summed E-state index contributed by atoms with van der Waals surface area (Å²) in [5, 5.41) is 9.16. The SMILES string of the molecule is NC1(CO)CCc2c(Br)cccc2C1=O.NC1=NC2(CCc3c(Br)cccc3C2=O)CO1. The smallest absolute Gasteiger partial charge is 0.283 e. The van der Waals surface area contributed by atoms with Gasteiger partial charge in [0.05, 0.1) is 6.61 Å².